The smallest absolute Gasteiger partial charge is 0.325 e. The number of fused-ring (bicyclic) bond motifs is 2. The van der Waals surface area contributed by atoms with E-state index in [1.165, 1.54) is 0 Å². The standard InChI is InChI=1S/C44H47N9O3/c1-6-7-9-12-27(2)21-37-42(55)50-36-22-31(17-20-35(36)39(49-37)30-13-10-8-11-14-30)41(54)47-33-18-15-28(3)38(23-33)53-26-32-24-46-43(51-40(32)52(5)44(53)56)48-34-19-16-29(4)45-25-34/h6-16,18-20,22-25,27,31-32,37,40H,17,21,26H2,1-5H3,(H,47,54)(H,48,51)(H,50,55)/b7-6-,12-9-/t27?,31?,32?,37-,40?/m1/s1. The van der Waals surface area contributed by atoms with Gasteiger partial charge in [0.15, 0.2) is 0 Å². The molecule has 3 aromatic rings. The fourth-order valence-electron chi connectivity index (χ4n) is 7.27. The molecule has 4 aliphatic rings. The van der Waals surface area contributed by atoms with E-state index in [-0.39, 0.29) is 29.7 Å². The third kappa shape index (κ3) is 8.29. The minimum atomic E-state index is -0.602. The second kappa shape index (κ2) is 16.5. The minimum absolute atomic E-state index is 0.118. The summed E-state index contributed by atoms with van der Waals surface area (Å²) in [4.78, 5) is 63.4. The Labute approximate surface area is 327 Å². The van der Waals surface area contributed by atoms with Gasteiger partial charge in [-0.15, -0.1) is 0 Å². The lowest BCUT2D eigenvalue weighted by Gasteiger charge is -2.43. The summed E-state index contributed by atoms with van der Waals surface area (Å²) in [6.45, 7) is 8.27. The normalized spacial score (nSPS) is 22.7. The maximum absolute atomic E-state index is 13.9. The summed E-state index contributed by atoms with van der Waals surface area (Å²) in [5.41, 5.74) is 6.83. The number of guanidine groups is 1. The number of anilines is 3. The molecule has 5 atom stereocenters. The number of aliphatic imine (C=N–C) groups is 3. The summed E-state index contributed by atoms with van der Waals surface area (Å²) in [5, 5.41) is 9.37. The van der Waals surface area contributed by atoms with Gasteiger partial charge in [0.2, 0.25) is 17.8 Å². The van der Waals surface area contributed by atoms with Crippen LogP contribution in [0.1, 0.15) is 43.5 Å². The van der Waals surface area contributed by atoms with Crippen molar-refractivity contribution in [1.82, 2.24) is 15.2 Å². The lowest BCUT2D eigenvalue weighted by molar-refractivity contribution is -0.122. The predicted molar refractivity (Wildman–Crippen MR) is 223 cm³/mol. The van der Waals surface area contributed by atoms with Crippen LogP contribution in [-0.4, -0.2) is 71.4 Å². The quantitative estimate of drug-likeness (QED) is 0.202. The molecule has 56 heavy (non-hydrogen) atoms. The van der Waals surface area contributed by atoms with Crippen LogP contribution >= 0.6 is 0 Å². The number of hydrogen-bond acceptors (Lipinski definition) is 8. The minimum Gasteiger partial charge on any atom is -0.325 e. The van der Waals surface area contributed by atoms with Crippen LogP contribution in [0.3, 0.4) is 0 Å². The van der Waals surface area contributed by atoms with Crippen molar-refractivity contribution in [2.45, 2.75) is 52.7 Å². The third-order valence-corrected chi connectivity index (χ3v) is 10.3. The van der Waals surface area contributed by atoms with Gasteiger partial charge in [-0.05, 0) is 75.4 Å². The maximum atomic E-state index is 13.9. The molecule has 4 amide bonds. The highest BCUT2D eigenvalue weighted by atomic mass is 16.2. The molecule has 286 valence electrons. The summed E-state index contributed by atoms with van der Waals surface area (Å²) < 4.78 is 0. The van der Waals surface area contributed by atoms with E-state index in [0.717, 1.165) is 33.8 Å². The largest absolute Gasteiger partial charge is 0.325 e. The fraction of sp³-hybridized carbons (Fsp3) is 0.295. The number of urea groups is 1. The molecule has 3 aliphatic heterocycles. The second-order valence-electron chi connectivity index (χ2n) is 14.6. The molecule has 0 saturated carbocycles. The summed E-state index contributed by atoms with van der Waals surface area (Å²) >= 11 is 0. The number of nitrogens with zero attached hydrogens (tertiary/aromatic N) is 6. The number of hydrogen-bond donors (Lipinski definition) is 3. The van der Waals surface area contributed by atoms with E-state index in [0.29, 0.717) is 42.4 Å². The maximum Gasteiger partial charge on any atom is 0.325 e. The second-order valence-corrected chi connectivity index (χ2v) is 14.6. The van der Waals surface area contributed by atoms with E-state index in [1.54, 1.807) is 23.0 Å². The Hall–Kier alpha value is -6.43. The van der Waals surface area contributed by atoms with Crippen LogP contribution in [0.2, 0.25) is 0 Å². The summed E-state index contributed by atoms with van der Waals surface area (Å²) in [6, 6.07) is 18.4. The number of allylic oxidation sites excluding steroid dienone is 6. The zero-order chi connectivity index (χ0) is 39.3. The molecule has 1 saturated heterocycles. The van der Waals surface area contributed by atoms with Crippen LogP contribution in [0.25, 0.3) is 0 Å². The van der Waals surface area contributed by atoms with Gasteiger partial charge >= 0.3 is 6.03 Å². The highest BCUT2D eigenvalue weighted by Gasteiger charge is 2.40. The van der Waals surface area contributed by atoms with Crippen LogP contribution in [-0.2, 0) is 9.59 Å². The van der Waals surface area contributed by atoms with Gasteiger partial charge in [0, 0.05) is 48.0 Å². The van der Waals surface area contributed by atoms with Crippen molar-refractivity contribution in [3.8, 4) is 0 Å². The van der Waals surface area contributed by atoms with Crippen molar-refractivity contribution in [3.05, 3.63) is 131 Å². The van der Waals surface area contributed by atoms with E-state index in [1.807, 2.05) is 118 Å². The first-order chi connectivity index (χ1) is 27.1. The van der Waals surface area contributed by atoms with Crippen molar-refractivity contribution >= 4 is 52.8 Å². The Morgan fingerprint density at radius 1 is 1.04 bits per heavy atom. The number of rotatable bonds is 9. The lowest BCUT2D eigenvalue weighted by atomic mass is 9.89. The molecule has 1 aliphatic carbocycles. The van der Waals surface area contributed by atoms with Gasteiger partial charge in [-0.1, -0.05) is 73.7 Å². The van der Waals surface area contributed by atoms with E-state index in [4.69, 9.17) is 9.98 Å². The number of carbonyl (C=O) groups is 3. The molecule has 4 heterocycles. The van der Waals surface area contributed by atoms with Crippen LogP contribution in [0.5, 0.6) is 0 Å². The third-order valence-electron chi connectivity index (χ3n) is 10.3. The first-order valence-electron chi connectivity index (χ1n) is 19.0. The van der Waals surface area contributed by atoms with Gasteiger partial charge in [-0.25, -0.2) is 14.8 Å². The monoisotopic (exact) mass is 749 g/mol. The molecule has 0 spiro atoms. The first-order valence-corrected chi connectivity index (χ1v) is 19.0. The van der Waals surface area contributed by atoms with Crippen molar-refractivity contribution in [2.75, 3.05) is 29.1 Å². The molecule has 3 N–H and O–H groups in total. The number of benzene rings is 2. The highest BCUT2D eigenvalue weighted by molar-refractivity contribution is 6.17. The molecule has 0 radical (unpaired) electrons. The van der Waals surface area contributed by atoms with Gasteiger partial charge in [-0.3, -0.25) is 24.5 Å². The Balaban J connectivity index is 1.06. The van der Waals surface area contributed by atoms with Crippen molar-refractivity contribution in [1.29, 1.82) is 0 Å². The molecule has 12 heteroatoms. The van der Waals surface area contributed by atoms with Gasteiger partial charge < -0.3 is 20.9 Å². The number of pyridine rings is 1. The van der Waals surface area contributed by atoms with E-state index in [2.05, 4.69) is 38.9 Å². The number of aryl methyl sites for hydroxylation is 2. The van der Waals surface area contributed by atoms with Crippen LogP contribution in [0.15, 0.2) is 130 Å². The van der Waals surface area contributed by atoms with Gasteiger partial charge in [0.1, 0.15) is 12.2 Å². The molecular weight excluding hydrogens is 703 g/mol. The van der Waals surface area contributed by atoms with Gasteiger partial charge in [-0.2, -0.15) is 0 Å². The van der Waals surface area contributed by atoms with E-state index >= 15 is 0 Å². The average molecular weight is 750 g/mol. The molecule has 1 fully saturated rings. The Kier molecular flexibility index (Phi) is 11.2. The average Bonchev–Trinajstić information content (AvgIpc) is 3.33. The molecule has 4 unspecified atom stereocenters. The van der Waals surface area contributed by atoms with Gasteiger partial charge in [0.25, 0.3) is 0 Å². The number of carbonyl (C=O) groups excluding carboxylic acids is 3. The molecule has 0 bridgehead atoms. The highest BCUT2D eigenvalue weighted by Crippen LogP contribution is 2.33. The molecule has 1 aromatic heterocycles. The Bertz CT molecular complexity index is 2220. The fourth-order valence-corrected chi connectivity index (χ4v) is 7.27. The number of nitrogens with one attached hydrogen (secondary N) is 3. The predicted octanol–water partition coefficient (Wildman–Crippen LogP) is 6.98. The topological polar surface area (TPSA) is 144 Å². The van der Waals surface area contributed by atoms with E-state index < -0.39 is 18.1 Å². The van der Waals surface area contributed by atoms with Crippen molar-refractivity contribution in [2.24, 2.45) is 32.7 Å². The Morgan fingerprint density at radius 3 is 2.61 bits per heavy atom. The molecular formula is C44H47N9O3. The summed E-state index contributed by atoms with van der Waals surface area (Å²) in [6.07, 6.45) is 15.9. The molecule has 2 aromatic carbocycles. The molecule has 12 nitrogen and oxygen atoms in total. The zero-order valence-electron chi connectivity index (χ0n) is 32.3. The van der Waals surface area contributed by atoms with Crippen LogP contribution in [0.4, 0.5) is 21.9 Å². The first kappa shape index (κ1) is 37.9. The Morgan fingerprint density at radius 2 is 1.84 bits per heavy atom. The molecule has 7 rings (SSSR count). The number of amides is 4. The zero-order valence-corrected chi connectivity index (χ0v) is 32.3. The number of aromatic nitrogens is 1. The van der Waals surface area contributed by atoms with E-state index in [9.17, 15) is 14.4 Å². The van der Waals surface area contributed by atoms with Crippen molar-refractivity contribution in [3.63, 3.8) is 0 Å². The SMILES string of the molecule is C/C=C\C=C/C(C)C[C@H]1N=C(c2ccccc2)C2=CCC(C(=O)Nc3ccc(C)c(N4CC5C=NC(Nc6ccc(C)nc6)=NC5N(C)C4=O)c3)C=C2NC1=O. The van der Waals surface area contributed by atoms with Crippen LogP contribution in [0, 0.1) is 31.6 Å². The lowest BCUT2D eigenvalue weighted by Crippen LogP contribution is -2.58. The van der Waals surface area contributed by atoms with Crippen LogP contribution < -0.4 is 20.9 Å². The van der Waals surface area contributed by atoms with Crippen molar-refractivity contribution < 1.29 is 14.4 Å². The summed E-state index contributed by atoms with van der Waals surface area (Å²) in [7, 11) is 1.74. The van der Waals surface area contributed by atoms with Gasteiger partial charge in [0.05, 0.1) is 35.1 Å². The summed E-state index contributed by atoms with van der Waals surface area (Å²) in [5.74, 6) is -0.588.